The lowest BCUT2D eigenvalue weighted by Gasteiger charge is -2.50. The lowest BCUT2D eigenvalue weighted by Crippen LogP contribution is -2.72. The van der Waals surface area contributed by atoms with E-state index in [2.05, 4.69) is 5.32 Å². The Morgan fingerprint density at radius 3 is 1.94 bits per heavy atom. The molecule has 3 aromatic carbocycles. The number of rotatable bonds is 9. The summed E-state index contributed by atoms with van der Waals surface area (Å²) in [6.07, 6.45) is -0.643. The Labute approximate surface area is 213 Å². The molecule has 0 aliphatic carbocycles. The quantitative estimate of drug-likeness (QED) is 0.427. The third-order valence-electron chi connectivity index (χ3n) is 6.08. The van der Waals surface area contributed by atoms with Gasteiger partial charge in [0.2, 0.25) is 0 Å². The number of carbonyl (C=O) groups is 2. The molecule has 0 bridgehead atoms. The molecule has 1 aliphatic heterocycles. The van der Waals surface area contributed by atoms with Crippen LogP contribution in [0.15, 0.2) is 91.0 Å². The number of likely N-dealkylation sites (tertiary alicyclic amines) is 1. The van der Waals surface area contributed by atoms with Crippen LogP contribution in [0.3, 0.4) is 0 Å². The van der Waals surface area contributed by atoms with E-state index in [4.69, 9.17) is 9.47 Å². The molecule has 0 spiro atoms. The van der Waals surface area contributed by atoms with Gasteiger partial charge in [-0.15, -0.1) is 0 Å². The third-order valence-corrected chi connectivity index (χ3v) is 6.08. The van der Waals surface area contributed by atoms with Gasteiger partial charge in [0.05, 0.1) is 18.7 Å². The molecular weight excluding hydrogens is 452 g/mol. The Morgan fingerprint density at radius 2 is 1.39 bits per heavy atom. The van der Waals surface area contributed by atoms with Crippen molar-refractivity contribution >= 4 is 12.0 Å². The maximum absolute atomic E-state index is 13.3. The van der Waals surface area contributed by atoms with E-state index in [1.807, 2.05) is 112 Å². The zero-order chi connectivity index (χ0) is 25.5. The van der Waals surface area contributed by atoms with Crippen LogP contribution in [0.1, 0.15) is 37.5 Å². The number of β-lactam (4-membered cyclic amide) rings is 1. The van der Waals surface area contributed by atoms with Crippen LogP contribution >= 0.6 is 0 Å². The molecule has 1 unspecified atom stereocenters. The van der Waals surface area contributed by atoms with Crippen molar-refractivity contribution in [2.24, 2.45) is 0 Å². The molecule has 1 N–H and O–H groups in total. The van der Waals surface area contributed by atoms with Crippen molar-refractivity contribution in [3.8, 4) is 0 Å². The van der Waals surface area contributed by atoms with Crippen molar-refractivity contribution in [3.63, 3.8) is 0 Å². The molecule has 1 heterocycles. The predicted molar refractivity (Wildman–Crippen MR) is 139 cm³/mol. The Hall–Kier alpha value is -3.64. The summed E-state index contributed by atoms with van der Waals surface area (Å²) < 4.78 is 11.7. The first-order chi connectivity index (χ1) is 17.3. The first-order valence-electron chi connectivity index (χ1n) is 12.3. The van der Waals surface area contributed by atoms with Gasteiger partial charge < -0.3 is 19.7 Å². The molecule has 1 fully saturated rings. The van der Waals surface area contributed by atoms with E-state index in [-0.39, 0.29) is 11.9 Å². The standard InChI is InChI=1S/C30H34N2O4/c1-30(2,3)36-29(34)31-25(19-22-13-7-4-8-14-22)26-27(35-21-24-17-11-6-12-18-24)28(33)32(26)20-23-15-9-5-10-16-23/h4-18,25-27H,19-21H2,1-3H3,(H,31,34)/t25?,26-,27+/m1/s1. The van der Waals surface area contributed by atoms with Crippen LogP contribution in [-0.4, -0.2) is 40.7 Å². The van der Waals surface area contributed by atoms with Crippen LogP contribution in [0, 0.1) is 0 Å². The van der Waals surface area contributed by atoms with Gasteiger partial charge in [0.25, 0.3) is 5.91 Å². The summed E-state index contributed by atoms with van der Waals surface area (Å²) in [6, 6.07) is 28.8. The Bertz CT molecular complexity index is 1130. The van der Waals surface area contributed by atoms with Crippen molar-refractivity contribution < 1.29 is 19.1 Å². The molecule has 6 heteroatoms. The molecule has 6 nitrogen and oxygen atoms in total. The van der Waals surface area contributed by atoms with Crippen LogP contribution in [0.5, 0.6) is 0 Å². The van der Waals surface area contributed by atoms with Gasteiger partial charge in [-0.2, -0.15) is 0 Å². The molecule has 0 saturated carbocycles. The van der Waals surface area contributed by atoms with Crippen LogP contribution in [0.25, 0.3) is 0 Å². The van der Waals surface area contributed by atoms with E-state index < -0.39 is 23.8 Å². The molecule has 0 aromatic heterocycles. The van der Waals surface area contributed by atoms with Crippen LogP contribution < -0.4 is 5.32 Å². The van der Waals surface area contributed by atoms with Crippen molar-refractivity contribution in [1.82, 2.24) is 10.2 Å². The van der Waals surface area contributed by atoms with Gasteiger partial charge in [0, 0.05) is 6.54 Å². The highest BCUT2D eigenvalue weighted by Crippen LogP contribution is 2.31. The highest BCUT2D eigenvalue weighted by molar-refractivity contribution is 5.89. The Balaban J connectivity index is 1.60. The molecule has 3 atom stereocenters. The van der Waals surface area contributed by atoms with Crippen LogP contribution in [0.4, 0.5) is 4.79 Å². The second-order valence-corrected chi connectivity index (χ2v) is 10.1. The van der Waals surface area contributed by atoms with Crippen molar-refractivity contribution in [2.75, 3.05) is 0 Å². The second-order valence-electron chi connectivity index (χ2n) is 10.1. The molecule has 3 aromatic rings. The largest absolute Gasteiger partial charge is 0.444 e. The Morgan fingerprint density at radius 1 is 0.861 bits per heavy atom. The van der Waals surface area contributed by atoms with E-state index in [0.717, 1.165) is 16.7 Å². The average Bonchev–Trinajstić information content (AvgIpc) is 2.85. The number of hydrogen-bond acceptors (Lipinski definition) is 4. The predicted octanol–water partition coefficient (Wildman–Crippen LogP) is 5.12. The van der Waals surface area contributed by atoms with E-state index in [0.29, 0.717) is 19.6 Å². The summed E-state index contributed by atoms with van der Waals surface area (Å²) in [5.74, 6) is -0.0798. The van der Waals surface area contributed by atoms with E-state index in [1.165, 1.54) is 0 Å². The summed E-state index contributed by atoms with van der Waals surface area (Å²) in [5, 5.41) is 3.05. The highest BCUT2D eigenvalue weighted by Gasteiger charge is 2.52. The maximum atomic E-state index is 13.3. The Kier molecular flexibility index (Phi) is 8.06. The molecule has 188 valence electrons. The number of carbonyl (C=O) groups excluding carboxylic acids is 2. The molecule has 0 radical (unpaired) electrons. The van der Waals surface area contributed by atoms with Gasteiger partial charge in [-0.25, -0.2) is 4.79 Å². The van der Waals surface area contributed by atoms with Gasteiger partial charge in [0.15, 0.2) is 6.10 Å². The van der Waals surface area contributed by atoms with Gasteiger partial charge in [-0.3, -0.25) is 4.79 Å². The van der Waals surface area contributed by atoms with Gasteiger partial charge in [0.1, 0.15) is 5.60 Å². The van der Waals surface area contributed by atoms with E-state index in [9.17, 15) is 9.59 Å². The zero-order valence-electron chi connectivity index (χ0n) is 21.1. The topological polar surface area (TPSA) is 67.9 Å². The van der Waals surface area contributed by atoms with E-state index in [1.54, 1.807) is 4.90 Å². The minimum absolute atomic E-state index is 0.0798. The summed E-state index contributed by atoms with van der Waals surface area (Å²) >= 11 is 0. The zero-order valence-corrected chi connectivity index (χ0v) is 21.1. The highest BCUT2D eigenvalue weighted by atomic mass is 16.6. The van der Waals surface area contributed by atoms with Crippen molar-refractivity contribution in [3.05, 3.63) is 108 Å². The van der Waals surface area contributed by atoms with Crippen LogP contribution in [-0.2, 0) is 33.8 Å². The lowest BCUT2D eigenvalue weighted by atomic mass is 9.86. The molecule has 2 amide bonds. The SMILES string of the molecule is CC(C)(C)OC(=O)NC(Cc1ccccc1)[C@@H]1[C@H](OCc2ccccc2)C(=O)N1Cc1ccccc1. The number of nitrogens with one attached hydrogen (secondary N) is 1. The average molecular weight is 487 g/mol. The summed E-state index contributed by atoms with van der Waals surface area (Å²) in [4.78, 5) is 28.0. The third kappa shape index (κ3) is 6.73. The molecular formula is C30H34N2O4. The normalized spacial score (nSPS) is 18.3. The van der Waals surface area contributed by atoms with Crippen LogP contribution in [0.2, 0.25) is 0 Å². The smallest absolute Gasteiger partial charge is 0.407 e. The summed E-state index contributed by atoms with van der Waals surface area (Å²) in [5.41, 5.74) is 2.43. The number of benzene rings is 3. The number of amides is 2. The van der Waals surface area contributed by atoms with Gasteiger partial charge >= 0.3 is 6.09 Å². The molecule has 4 rings (SSSR count). The van der Waals surface area contributed by atoms with Crippen molar-refractivity contribution in [1.29, 1.82) is 0 Å². The number of hydrogen-bond donors (Lipinski definition) is 1. The lowest BCUT2D eigenvalue weighted by molar-refractivity contribution is -0.180. The number of nitrogens with zero attached hydrogens (tertiary/aromatic N) is 1. The number of ether oxygens (including phenoxy) is 2. The number of alkyl carbamates (subject to hydrolysis) is 1. The van der Waals surface area contributed by atoms with Crippen molar-refractivity contribution in [2.45, 2.75) is 64.1 Å². The summed E-state index contributed by atoms with van der Waals surface area (Å²) in [6.45, 7) is 6.26. The minimum Gasteiger partial charge on any atom is -0.444 e. The molecule has 36 heavy (non-hydrogen) atoms. The first-order valence-corrected chi connectivity index (χ1v) is 12.3. The molecule has 1 saturated heterocycles. The maximum Gasteiger partial charge on any atom is 0.407 e. The second kappa shape index (κ2) is 11.4. The van der Waals surface area contributed by atoms with Gasteiger partial charge in [-0.1, -0.05) is 91.0 Å². The monoisotopic (exact) mass is 486 g/mol. The fraction of sp³-hybridized carbons (Fsp3) is 0.333. The van der Waals surface area contributed by atoms with E-state index >= 15 is 0 Å². The fourth-order valence-corrected chi connectivity index (χ4v) is 4.44. The summed E-state index contributed by atoms with van der Waals surface area (Å²) in [7, 11) is 0. The first kappa shape index (κ1) is 25.5. The van der Waals surface area contributed by atoms with Gasteiger partial charge in [-0.05, 0) is 43.9 Å². The minimum atomic E-state index is -0.669. The molecule has 1 aliphatic rings. The fourth-order valence-electron chi connectivity index (χ4n) is 4.44.